The molecule has 0 bridgehead atoms. The van der Waals surface area contributed by atoms with Crippen molar-refractivity contribution in [2.24, 2.45) is 0 Å². The first-order chi connectivity index (χ1) is 7.12. The van der Waals surface area contributed by atoms with Crippen LogP contribution in [0.15, 0.2) is 0 Å². The monoisotopic (exact) mass is 246 g/mol. The second-order valence-electron chi connectivity index (χ2n) is 6.57. The Bertz CT molecular complexity index is 181. The van der Waals surface area contributed by atoms with Gasteiger partial charge in [0.05, 0.1) is 11.1 Å². The average Bonchev–Trinajstić information content (AvgIpc) is 2.18. The summed E-state index contributed by atoms with van der Waals surface area (Å²) in [6, 6.07) is 0. The molecule has 1 nitrogen and oxygen atoms in total. The third kappa shape index (κ3) is 3.63. The number of halogens is 1. The lowest BCUT2D eigenvalue weighted by atomic mass is 9.77. The quantitative estimate of drug-likeness (QED) is 0.769. The summed E-state index contributed by atoms with van der Waals surface area (Å²) in [6.07, 6.45) is 14.6. The van der Waals surface area contributed by atoms with E-state index in [9.17, 15) is 0 Å². The predicted octanol–water partition coefficient (Wildman–Crippen LogP) is 3.42. The minimum Gasteiger partial charge on any atom is -0.337 e. The maximum Gasteiger partial charge on any atom is 0.0936 e. The van der Waals surface area contributed by atoms with Crippen LogP contribution in [0.5, 0.6) is 0 Å². The summed E-state index contributed by atoms with van der Waals surface area (Å²) in [6.45, 7) is 5.01. The lowest BCUT2D eigenvalue weighted by Gasteiger charge is -2.42. The van der Waals surface area contributed by atoms with Crippen LogP contribution in [0.1, 0.15) is 78.1 Å². The van der Waals surface area contributed by atoms with Crippen LogP contribution in [0.25, 0.3) is 0 Å². The fraction of sp³-hybridized carbons (Fsp3) is 1.00. The molecule has 0 spiro atoms. The van der Waals surface area contributed by atoms with Crippen LogP contribution in [0.4, 0.5) is 0 Å². The number of rotatable bonds is 2. The van der Waals surface area contributed by atoms with Crippen LogP contribution in [-0.4, -0.2) is 11.1 Å². The van der Waals surface area contributed by atoms with E-state index in [0.717, 1.165) is 0 Å². The molecule has 0 aromatic heterocycles. The van der Waals surface area contributed by atoms with Crippen LogP contribution < -0.4 is 5.32 Å². The van der Waals surface area contributed by atoms with Gasteiger partial charge in [-0.2, -0.15) is 0 Å². The summed E-state index contributed by atoms with van der Waals surface area (Å²) in [5.41, 5.74) is 1.15. The van der Waals surface area contributed by atoms with E-state index in [1.807, 2.05) is 0 Å². The molecule has 0 aliphatic heterocycles. The first kappa shape index (κ1) is 14.3. The molecule has 0 aromatic rings. The van der Waals surface area contributed by atoms with Crippen LogP contribution in [0.3, 0.4) is 0 Å². The van der Waals surface area contributed by atoms with Crippen molar-refractivity contribution in [2.45, 2.75) is 89.1 Å². The molecule has 2 rings (SSSR count). The Kier molecular flexibility index (Phi) is 5.12. The third-order valence-corrected chi connectivity index (χ3v) is 4.69. The molecule has 16 heavy (non-hydrogen) atoms. The summed E-state index contributed by atoms with van der Waals surface area (Å²) in [5, 5.41) is 2.76. The van der Waals surface area contributed by atoms with Gasteiger partial charge in [0.25, 0.3) is 0 Å². The average molecular weight is 247 g/mol. The Hall–Kier alpha value is 0.250. The Morgan fingerprint density at radius 2 is 0.938 bits per heavy atom. The topological polar surface area (TPSA) is 16.6 Å². The molecule has 0 amide bonds. The van der Waals surface area contributed by atoms with Crippen molar-refractivity contribution < 1.29 is 5.32 Å². The summed E-state index contributed by atoms with van der Waals surface area (Å²) < 4.78 is 0. The van der Waals surface area contributed by atoms with E-state index in [0.29, 0.717) is 11.1 Å². The maximum atomic E-state index is 2.76. The van der Waals surface area contributed by atoms with Crippen molar-refractivity contribution >= 4 is 12.4 Å². The molecule has 0 atom stereocenters. The zero-order valence-electron chi connectivity index (χ0n) is 11.1. The molecular weight excluding hydrogens is 218 g/mol. The normalized spacial score (nSPS) is 28.1. The van der Waals surface area contributed by atoms with E-state index in [1.54, 1.807) is 0 Å². The second kappa shape index (κ2) is 5.73. The SMILES string of the molecule is CC1([NH2+]C2(C)CCCCC2)CCCCC1.Cl. The van der Waals surface area contributed by atoms with Crippen LogP contribution in [-0.2, 0) is 0 Å². The van der Waals surface area contributed by atoms with Crippen LogP contribution in [0.2, 0.25) is 0 Å². The van der Waals surface area contributed by atoms with Crippen molar-refractivity contribution in [3.05, 3.63) is 0 Å². The van der Waals surface area contributed by atoms with Crippen LogP contribution in [0, 0.1) is 0 Å². The van der Waals surface area contributed by atoms with Crippen molar-refractivity contribution in [1.82, 2.24) is 0 Å². The summed E-state index contributed by atoms with van der Waals surface area (Å²) in [5.74, 6) is 0. The molecule has 2 heteroatoms. The summed E-state index contributed by atoms with van der Waals surface area (Å²) in [4.78, 5) is 0. The molecule has 0 radical (unpaired) electrons. The highest BCUT2D eigenvalue weighted by molar-refractivity contribution is 5.85. The molecule has 2 fully saturated rings. The highest BCUT2D eigenvalue weighted by Crippen LogP contribution is 2.29. The zero-order chi connectivity index (χ0) is 10.8. The van der Waals surface area contributed by atoms with E-state index in [2.05, 4.69) is 19.2 Å². The summed E-state index contributed by atoms with van der Waals surface area (Å²) in [7, 11) is 0. The molecular formula is C14H29ClN+. The van der Waals surface area contributed by atoms with Gasteiger partial charge in [-0.1, -0.05) is 12.8 Å². The lowest BCUT2D eigenvalue weighted by Crippen LogP contribution is -3.05. The van der Waals surface area contributed by atoms with E-state index < -0.39 is 0 Å². The standard InChI is InChI=1S/C14H27N.ClH/c1-13(9-5-3-6-10-13)15-14(2)11-7-4-8-12-14;/h15H,3-12H2,1-2H3;1H/p+1. The van der Waals surface area contributed by atoms with Gasteiger partial charge in [-0.3, -0.25) is 0 Å². The molecule has 0 saturated heterocycles. The van der Waals surface area contributed by atoms with E-state index in [-0.39, 0.29) is 12.4 Å². The first-order valence-electron chi connectivity index (χ1n) is 6.99. The van der Waals surface area contributed by atoms with E-state index in [4.69, 9.17) is 0 Å². The van der Waals surface area contributed by atoms with Gasteiger partial charge in [0.2, 0.25) is 0 Å². The largest absolute Gasteiger partial charge is 0.337 e. The molecule has 0 heterocycles. The van der Waals surface area contributed by atoms with Crippen molar-refractivity contribution in [2.75, 3.05) is 0 Å². The van der Waals surface area contributed by atoms with Crippen molar-refractivity contribution in [3.63, 3.8) is 0 Å². The number of hydrogen-bond donors (Lipinski definition) is 1. The second-order valence-corrected chi connectivity index (χ2v) is 6.57. The van der Waals surface area contributed by atoms with E-state index >= 15 is 0 Å². The number of nitrogens with two attached hydrogens (primary N) is 1. The van der Waals surface area contributed by atoms with Crippen LogP contribution >= 0.6 is 12.4 Å². The molecule has 2 aliphatic rings. The Morgan fingerprint density at radius 1 is 0.625 bits per heavy atom. The Balaban J connectivity index is 0.00000128. The molecule has 0 aromatic carbocycles. The zero-order valence-corrected chi connectivity index (χ0v) is 11.9. The van der Waals surface area contributed by atoms with Gasteiger partial charge in [0.1, 0.15) is 0 Å². The molecule has 2 aliphatic carbocycles. The van der Waals surface area contributed by atoms with Gasteiger partial charge in [-0.15, -0.1) is 12.4 Å². The summed E-state index contributed by atoms with van der Waals surface area (Å²) >= 11 is 0. The van der Waals surface area contributed by atoms with Gasteiger partial charge >= 0.3 is 0 Å². The first-order valence-corrected chi connectivity index (χ1v) is 6.99. The molecule has 96 valence electrons. The van der Waals surface area contributed by atoms with Gasteiger partial charge in [-0.05, 0) is 39.5 Å². The Labute approximate surface area is 107 Å². The lowest BCUT2D eigenvalue weighted by molar-refractivity contribution is -0.789. The van der Waals surface area contributed by atoms with Crippen molar-refractivity contribution in [3.8, 4) is 0 Å². The highest BCUT2D eigenvalue weighted by atomic mass is 35.5. The third-order valence-electron chi connectivity index (χ3n) is 4.69. The van der Waals surface area contributed by atoms with Crippen molar-refractivity contribution in [1.29, 1.82) is 0 Å². The minimum absolute atomic E-state index is 0. The molecule has 2 N–H and O–H groups in total. The maximum absolute atomic E-state index is 2.76. The number of quaternary nitrogens is 1. The van der Waals surface area contributed by atoms with Gasteiger partial charge in [0, 0.05) is 25.7 Å². The highest BCUT2D eigenvalue weighted by Gasteiger charge is 2.39. The fourth-order valence-electron chi connectivity index (χ4n) is 3.85. The molecule has 2 saturated carbocycles. The fourth-order valence-corrected chi connectivity index (χ4v) is 3.85. The Morgan fingerprint density at radius 3 is 1.25 bits per heavy atom. The van der Waals surface area contributed by atoms with Gasteiger partial charge in [-0.25, -0.2) is 0 Å². The number of hydrogen-bond acceptors (Lipinski definition) is 0. The minimum atomic E-state index is 0. The smallest absolute Gasteiger partial charge is 0.0936 e. The van der Waals surface area contributed by atoms with E-state index in [1.165, 1.54) is 64.2 Å². The predicted molar refractivity (Wildman–Crippen MR) is 72.2 cm³/mol. The van der Waals surface area contributed by atoms with Gasteiger partial charge in [0.15, 0.2) is 0 Å². The molecule has 0 unspecified atom stereocenters. The van der Waals surface area contributed by atoms with Gasteiger partial charge < -0.3 is 5.32 Å².